The van der Waals surface area contributed by atoms with Crippen LogP contribution in [0.4, 0.5) is 0 Å². The fourth-order valence-electron chi connectivity index (χ4n) is 3.32. The normalized spacial score (nSPS) is 11.7. The second kappa shape index (κ2) is 11.7. The first-order valence-electron chi connectivity index (χ1n) is 10.2. The highest BCUT2D eigenvalue weighted by atomic mass is 32.2. The van der Waals surface area contributed by atoms with E-state index in [0.717, 1.165) is 16.9 Å². The third-order valence-corrected chi connectivity index (χ3v) is 5.90. The number of likely N-dealkylation sites (N-methyl/N-ethyl adjacent to an activating group) is 1. The number of aryl methyl sites for hydroxylation is 2. The third kappa shape index (κ3) is 6.93. The summed E-state index contributed by atoms with van der Waals surface area (Å²) in [7, 11) is 0. The molecule has 29 heavy (non-hydrogen) atoms. The maximum atomic E-state index is 13.2. The molecular formula is C24H32N2O2S. The van der Waals surface area contributed by atoms with Crippen molar-refractivity contribution < 1.29 is 9.59 Å². The number of nitrogens with one attached hydrogen (secondary N) is 1. The van der Waals surface area contributed by atoms with E-state index >= 15 is 0 Å². The zero-order chi connectivity index (χ0) is 21.2. The molecule has 0 heterocycles. The molecule has 0 radical (unpaired) electrons. The molecule has 0 saturated carbocycles. The molecule has 0 aromatic heterocycles. The zero-order valence-electron chi connectivity index (χ0n) is 17.9. The number of nitrogens with zero attached hydrogens (tertiary/aromatic N) is 1. The number of hydrogen-bond donors (Lipinski definition) is 1. The highest BCUT2D eigenvalue weighted by Crippen LogP contribution is 2.19. The van der Waals surface area contributed by atoms with Gasteiger partial charge in [-0.3, -0.25) is 9.59 Å². The van der Waals surface area contributed by atoms with Crippen molar-refractivity contribution in [2.24, 2.45) is 0 Å². The van der Waals surface area contributed by atoms with Gasteiger partial charge in [0, 0.05) is 18.8 Å². The van der Waals surface area contributed by atoms with E-state index in [0.29, 0.717) is 25.3 Å². The summed E-state index contributed by atoms with van der Waals surface area (Å²) in [6.07, 6.45) is 0.589. The topological polar surface area (TPSA) is 49.4 Å². The molecule has 4 nitrogen and oxygen atoms in total. The number of hydrogen-bond acceptors (Lipinski definition) is 3. The highest BCUT2D eigenvalue weighted by Gasteiger charge is 2.28. The smallest absolute Gasteiger partial charge is 0.242 e. The van der Waals surface area contributed by atoms with Gasteiger partial charge in [-0.2, -0.15) is 0 Å². The van der Waals surface area contributed by atoms with Crippen LogP contribution in [0, 0.1) is 13.8 Å². The van der Waals surface area contributed by atoms with E-state index < -0.39 is 6.04 Å². The van der Waals surface area contributed by atoms with Crippen LogP contribution in [0.1, 0.15) is 42.5 Å². The minimum Gasteiger partial charge on any atom is -0.355 e. The van der Waals surface area contributed by atoms with E-state index in [4.69, 9.17) is 0 Å². The maximum absolute atomic E-state index is 13.2. The first kappa shape index (κ1) is 23.0. The van der Waals surface area contributed by atoms with Gasteiger partial charge >= 0.3 is 0 Å². The molecule has 156 valence electrons. The van der Waals surface area contributed by atoms with Crippen molar-refractivity contribution in [2.45, 2.75) is 52.5 Å². The third-order valence-electron chi connectivity index (χ3n) is 4.92. The Labute approximate surface area is 179 Å². The van der Waals surface area contributed by atoms with Crippen LogP contribution in [0.2, 0.25) is 0 Å². The SMILES string of the molecule is CCNC(=O)C(CC)N(Cc1ccccc1C)C(=O)CSCc1cccc(C)c1. The standard InChI is InChI=1S/C24H32N2O2S/c1-5-22(24(28)25-6-2)26(15-21-13-8-7-11-19(21)4)23(27)17-29-16-20-12-9-10-18(3)14-20/h7-14,22H,5-6,15-17H2,1-4H3,(H,25,28). The van der Waals surface area contributed by atoms with Gasteiger partial charge in [-0.05, 0) is 43.9 Å². The number of carbonyl (C=O) groups excluding carboxylic acids is 2. The Morgan fingerprint density at radius 3 is 2.48 bits per heavy atom. The molecule has 1 N–H and O–H groups in total. The summed E-state index contributed by atoms with van der Waals surface area (Å²) in [5, 5.41) is 2.88. The molecule has 0 aliphatic heterocycles. The van der Waals surface area contributed by atoms with Crippen LogP contribution in [-0.2, 0) is 21.9 Å². The lowest BCUT2D eigenvalue weighted by Gasteiger charge is -2.31. The molecule has 2 amide bonds. The summed E-state index contributed by atoms with van der Waals surface area (Å²) in [6, 6.07) is 15.9. The Hall–Kier alpha value is -2.27. The highest BCUT2D eigenvalue weighted by molar-refractivity contribution is 7.99. The quantitative estimate of drug-likeness (QED) is 0.626. The fraction of sp³-hybridized carbons (Fsp3) is 0.417. The Morgan fingerprint density at radius 1 is 1.07 bits per heavy atom. The molecule has 0 bridgehead atoms. The van der Waals surface area contributed by atoms with Gasteiger partial charge in [0.1, 0.15) is 6.04 Å². The summed E-state index contributed by atoms with van der Waals surface area (Å²) >= 11 is 1.60. The Morgan fingerprint density at radius 2 is 1.83 bits per heavy atom. The maximum Gasteiger partial charge on any atom is 0.242 e. The number of rotatable bonds is 10. The van der Waals surface area contributed by atoms with Crippen LogP contribution in [-0.4, -0.2) is 35.1 Å². The predicted molar refractivity (Wildman–Crippen MR) is 122 cm³/mol. The minimum atomic E-state index is -0.457. The summed E-state index contributed by atoms with van der Waals surface area (Å²) < 4.78 is 0. The second-order valence-corrected chi connectivity index (χ2v) is 8.23. The number of benzene rings is 2. The van der Waals surface area contributed by atoms with Crippen LogP contribution in [0.15, 0.2) is 48.5 Å². The summed E-state index contributed by atoms with van der Waals surface area (Å²) in [5.74, 6) is 1.06. The molecule has 0 aliphatic rings. The van der Waals surface area contributed by atoms with Gasteiger partial charge in [0.25, 0.3) is 0 Å². The molecule has 0 fully saturated rings. The number of thioether (sulfide) groups is 1. The lowest BCUT2D eigenvalue weighted by atomic mass is 10.1. The Kier molecular flexibility index (Phi) is 9.26. The largest absolute Gasteiger partial charge is 0.355 e. The predicted octanol–water partition coefficient (Wildman–Crippen LogP) is 4.48. The molecule has 0 saturated heterocycles. The van der Waals surface area contributed by atoms with Gasteiger partial charge in [0.15, 0.2) is 0 Å². The molecule has 1 unspecified atom stereocenters. The first-order chi connectivity index (χ1) is 14.0. The van der Waals surface area contributed by atoms with Crippen LogP contribution in [0.3, 0.4) is 0 Å². The van der Waals surface area contributed by atoms with Crippen molar-refractivity contribution in [3.05, 3.63) is 70.8 Å². The summed E-state index contributed by atoms with van der Waals surface area (Å²) in [4.78, 5) is 27.5. The van der Waals surface area contributed by atoms with E-state index in [9.17, 15) is 9.59 Å². The van der Waals surface area contributed by atoms with Gasteiger partial charge in [0.05, 0.1) is 5.75 Å². The first-order valence-corrected chi connectivity index (χ1v) is 11.4. The fourth-order valence-corrected chi connectivity index (χ4v) is 4.18. The Balaban J connectivity index is 2.12. The van der Waals surface area contributed by atoms with Crippen molar-refractivity contribution in [2.75, 3.05) is 12.3 Å². The lowest BCUT2D eigenvalue weighted by Crippen LogP contribution is -2.49. The van der Waals surface area contributed by atoms with Crippen molar-refractivity contribution in [1.82, 2.24) is 10.2 Å². The van der Waals surface area contributed by atoms with E-state index in [-0.39, 0.29) is 11.8 Å². The van der Waals surface area contributed by atoms with Crippen LogP contribution >= 0.6 is 11.8 Å². The summed E-state index contributed by atoms with van der Waals surface area (Å²) in [6.45, 7) is 8.97. The lowest BCUT2D eigenvalue weighted by molar-refractivity contribution is -0.139. The average Bonchev–Trinajstić information content (AvgIpc) is 2.69. The van der Waals surface area contributed by atoms with Crippen LogP contribution < -0.4 is 5.32 Å². The van der Waals surface area contributed by atoms with Gasteiger partial charge in [-0.15, -0.1) is 11.8 Å². The van der Waals surface area contributed by atoms with Gasteiger partial charge in [-0.1, -0.05) is 61.0 Å². The molecule has 2 aromatic rings. The summed E-state index contributed by atoms with van der Waals surface area (Å²) in [5.41, 5.74) is 4.64. The Bertz CT molecular complexity index is 822. The van der Waals surface area contributed by atoms with Gasteiger partial charge in [0.2, 0.25) is 11.8 Å². The number of carbonyl (C=O) groups is 2. The number of amides is 2. The molecular weight excluding hydrogens is 380 g/mol. The molecule has 0 aliphatic carbocycles. The zero-order valence-corrected chi connectivity index (χ0v) is 18.7. The van der Waals surface area contributed by atoms with Crippen molar-refractivity contribution in [3.63, 3.8) is 0 Å². The van der Waals surface area contributed by atoms with Gasteiger partial charge < -0.3 is 10.2 Å². The molecule has 0 spiro atoms. The minimum absolute atomic E-state index is 0.00371. The van der Waals surface area contributed by atoms with Crippen LogP contribution in [0.25, 0.3) is 0 Å². The van der Waals surface area contributed by atoms with E-state index in [1.165, 1.54) is 11.1 Å². The molecule has 1 atom stereocenters. The molecule has 5 heteroatoms. The van der Waals surface area contributed by atoms with Crippen molar-refractivity contribution in [3.8, 4) is 0 Å². The molecule has 2 aromatic carbocycles. The van der Waals surface area contributed by atoms with Crippen molar-refractivity contribution >= 4 is 23.6 Å². The van der Waals surface area contributed by atoms with E-state index in [2.05, 4.69) is 30.4 Å². The van der Waals surface area contributed by atoms with Crippen LogP contribution in [0.5, 0.6) is 0 Å². The van der Waals surface area contributed by atoms with E-state index in [1.54, 1.807) is 16.7 Å². The second-order valence-electron chi connectivity index (χ2n) is 7.25. The van der Waals surface area contributed by atoms with Crippen molar-refractivity contribution in [1.29, 1.82) is 0 Å². The average molecular weight is 413 g/mol. The monoisotopic (exact) mass is 412 g/mol. The van der Waals surface area contributed by atoms with E-state index in [1.807, 2.05) is 51.1 Å². The molecule has 2 rings (SSSR count). The van der Waals surface area contributed by atoms with Gasteiger partial charge in [-0.25, -0.2) is 0 Å².